The van der Waals surface area contributed by atoms with E-state index in [1.807, 2.05) is 0 Å². The minimum Gasteiger partial charge on any atom is -0.475 e. The molecule has 15 heavy (non-hydrogen) atoms. The molecule has 2 rings (SSSR count). The summed E-state index contributed by atoms with van der Waals surface area (Å²) >= 11 is 0. The summed E-state index contributed by atoms with van der Waals surface area (Å²) in [5.41, 5.74) is 1.56. The summed E-state index contributed by atoms with van der Waals surface area (Å²) in [6, 6.07) is 1.32. The van der Waals surface area contributed by atoms with Gasteiger partial charge in [-0.1, -0.05) is 5.16 Å². The van der Waals surface area contributed by atoms with E-state index in [4.69, 9.17) is 5.11 Å². The van der Waals surface area contributed by atoms with Gasteiger partial charge in [-0.25, -0.2) is 4.79 Å². The van der Waals surface area contributed by atoms with E-state index in [1.54, 1.807) is 13.1 Å². The fourth-order valence-electron chi connectivity index (χ4n) is 1.15. The molecule has 0 aromatic carbocycles. The number of carboxylic acid groups (broad SMARTS) is 1. The third-order valence-corrected chi connectivity index (χ3v) is 1.84. The largest absolute Gasteiger partial charge is 0.475 e. The summed E-state index contributed by atoms with van der Waals surface area (Å²) < 4.78 is 4.62. The number of carboxylic acids is 1. The molecule has 0 saturated carbocycles. The molecule has 0 atom stereocenters. The Morgan fingerprint density at radius 2 is 2.13 bits per heavy atom. The molecule has 2 heterocycles. The van der Waals surface area contributed by atoms with Crippen LogP contribution in [0.5, 0.6) is 0 Å². The quantitative estimate of drug-likeness (QED) is 0.790. The van der Waals surface area contributed by atoms with E-state index in [-0.39, 0.29) is 5.76 Å². The van der Waals surface area contributed by atoms with Crippen molar-refractivity contribution in [2.75, 3.05) is 0 Å². The predicted octanol–water partition coefficient (Wildman–Crippen LogP) is 1.14. The molecule has 0 fully saturated rings. The topological polar surface area (TPSA) is 89.1 Å². The van der Waals surface area contributed by atoms with Crippen LogP contribution in [0.1, 0.15) is 16.2 Å². The maximum absolute atomic E-state index is 10.6. The molecule has 2 aromatic heterocycles. The van der Waals surface area contributed by atoms with Crippen molar-refractivity contribution in [2.45, 2.75) is 6.92 Å². The highest BCUT2D eigenvalue weighted by atomic mass is 16.5. The molecule has 0 aliphatic carbocycles. The van der Waals surface area contributed by atoms with Gasteiger partial charge in [-0.3, -0.25) is 9.97 Å². The zero-order chi connectivity index (χ0) is 10.8. The molecule has 0 unspecified atom stereocenters. The summed E-state index contributed by atoms with van der Waals surface area (Å²) in [6.45, 7) is 1.76. The summed E-state index contributed by atoms with van der Waals surface area (Å²) in [6.07, 6.45) is 3.06. The fourth-order valence-corrected chi connectivity index (χ4v) is 1.15. The molecule has 6 nitrogen and oxygen atoms in total. The lowest BCUT2D eigenvalue weighted by Gasteiger charge is -1.96. The average molecular weight is 205 g/mol. The van der Waals surface area contributed by atoms with Crippen LogP contribution < -0.4 is 0 Å². The molecule has 0 aliphatic heterocycles. The maximum atomic E-state index is 10.6. The molecule has 0 radical (unpaired) electrons. The Labute approximate surface area is 84.6 Å². The van der Waals surface area contributed by atoms with Crippen LogP contribution in [-0.4, -0.2) is 26.2 Å². The average Bonchev–Trinajstić information content (AvgIpc) is 2.67. The van der Waals surface area contributed by atoms with Crippen molar-refractivity contribution in [3.63, 3.8) is 0 Å². The Morgan fingerprint density at radius 1 is 1.40 bits per heavy atom. The summed E-state index contributed by atoms with van der Waals surface area (Å²) in [7, 11) is 0. The predicted molar refractivity (Wildman–Crippen MR) is 49.2 cm³/mol. The number of hydrogen-bond acceptors (Lipinski definition) is 5. The number of carbonyl (C=O) groups is 1. The molecule has 0 saturated heterocycles. The van der Waals surface area contributed by atoms with Crippen LogP contribution in [0, 0.1) is 6.92 Å². The van der Waals surface area contributed by atoms with Crippen LogP contribution in [0.25, 0.3) is 11.4 Å². The van der Waals surface area contributed by atoms with Crippen LogP contribution in [0.2, 0.25) is 0 Å². The van der Waals surface area contributed by atoms with Crippen molar-refractivity contribution in [3.8, 4) is 11.4 Å². The van der Waals surface area contributed by atoms with Gasteiger partial charge in [0, 0.05) is 18.5 Å². The third-order valence-electron chi connectivity index (χ3n) is 1.84. The van der Waals surface area contributed by atoms with E-state index in [2.05, 4.69) is 19.6 Å². The van der Waals surface area contributed by atoms with Crippen molar-refractivity contribution in [2.24, 2.45) is 0 Å². The zero-order valence-electron chi connectivity index (χ0n) is 7.84. The Hall–Kier alpha value is -2.24. The molecular weight excluding hydrogens is 198 g/mol. The van der Waals surface area contributed by atoms with Crippen molar-refractivity contribution < 1.29 is 14.4 Å². The molecular formula is C9H7N3O3. The van der Waals surface area contributed by atoms with E-state index in [9.17, 15) is 4.79 Å². The summed E-state index contributed by atoms with van der Waals surface area (Å²) in [5.74, 6) is -1.37. The number of aromatic carboxylic acids is 1. The zero-order valence-corrected chi connectivity index (χ0v) is 7.84. The van der Waals surface area contributed by atoms with Crippen molar-refractivity contribution in [1.82, 2.24) is 15.1 Å². The fraction of sp³-hybridized carbons (Fsp3) is 0.111. The van der Waals surface area contributed by atoms with Gasteiger partial charge in [0.25, 0.3) is 0 Å². The summed E-state index contributed by atoms with van der Waals surface area (Å²) in [4.78, 5) is 18.6. The standard InChI is InChI=1S/C9H7N3O3/c1-5-8(11-3-2-10-5)6-4-7(9(13)14)15-12-6/h2-4H,1H3,(H,13,14). The van der Waals surface area contributed by atoms with Crippen LogP contribution in [0.3, 0.4) is 0 Å². The van der Waals surface area contributed by atoms with Crippen molar-refractivity contribution >= 4 is 5.97 Å². The van der Waals surface area contributed by atoms with Gasteiger partial charge in [-0.15, -0.1) is 0 Å². The first-order valence-electron chi connectivity index (χ1n) is 4.16. The molecule has 0 amide bonds. The first-order chi connectivity index (χ1) is 7.18. The van der Waals surface area contributed by atoms with Gasteiger partial charge in [0.2, 0.25) is 5.76 Å². The molecule has 2 aromatic rings. The summed E-state index contributed by atoms with van der Waals surface area (Å²) in [5, 5.41) is 12.3. The Kier molecular flexibility index (Phi) is 2.17. The molecule has 0 spiro atoms. The van der Waals surface area contributed by atoms with Crippen LogP contribution in [0.4, 0.5) is 0 Å². The van der Waals surface area contributed by atoms with Gasteiger partial charge in [0.05, 0.1) is 5.69 Å². The Balaban J connectivity index is 2.46. The highest BCUT2D eigenvalue weighted by Crippen LogP contribution is 2.18. The Bertz CT molecular complexity index is 507. The van der Waals surface area contributed by atoms with Gasteiger partial charge < -0.3 is 9.63 Å². The third kappa shape index (κ3) is 1.69. The molecule has 76 valence electrons. The molecule has 0 aliphatic rings. The number of nitrogens with zero attached hydrogens (tertiary/aromatic N) is 3. The number of aryl methyl sites for hydroxylation is 1. The van der Waals surface area contributed by atoms with E-state index in [0.717, 1.165) is 0 Å². The number of aromatic nitrogens is 3. The number of rotatable bonds is 2. The molecule has 1 N–H and O–H groups in total. The lowest BCUT2D eigenvalue weighted by molar-refractivity contribution is 0.0652. The highest BCUT2D eigenvalue weighted by molar-refractivity contribution is 5.85. The van der Waals surface area contributed by atoms with Gasteiger partial charge in [0.15, 0.2) is 0 Å². The first kappa shape index (κ1) is 9.32. The monoisotopic (exact) mass is 205 g/mol. The second-order valence-corrected chi connectivity index (χ2v) is 2.87. The van der Waals surface area contributed by atoms with Crippen LogP contribution in [0.15, 0.2) is 23.0 Å². The molecule has 0 bridgehead atoms. The minimum atomic E-state index is -1.16. The van der Waals surface area contributed by atoms with E-state index in [1.165, 1.54) is 12.3 Å². The molecule has 6 heteroatoms. The Morgan fingerprint density at radius 3 is 2.73 bits per heavy atom. The number of hydrogen-bond donors (Lipinski definition) is 1. The maximum Gasteiger partial charge on any atom is 0.374 e. The SMILES string of the molecule is Cc1nccnc1-c1cc(C(=O)O)on1. The van der Waals surface area contributed by atoms with E-state index < -0.39 is 5.97 Å². The highest BCUT2D eigenvalue weighted by Gasteiger charge is 2.14. The van der Waals surface area contributed by atoms with Gasteiger partial charge in [0.1, 0.15) is 11.4 Å². The van der Waals surface area contributed by atoms with Gasteiger partial charge in [-0.05, 0) is 6.92 Å². The van der Waals surface area contributed by atoms with Crippen molar-refractivity contribution in [3.05, 3.63) is 29.9 Å². The normalized spacial score (nSPS) is 10.2. The smallest absolute Gasteiger partial charge is 0.374 e. The minimum absolute atomic E-state index is 0.213. The van der Waals surface area contributed by atoms with Crippen LogP contribution >= 0.6 is 0 Å². The van der Waals surface area contributed by atoms with Gasteiger partial charge in [-0.2, -0.15) is 0 Å². The van der Waals surface area contributed by atoms with Gasteiger partial charge >= 0.3 is 5.97 Å². The van der Waals surface area contributed by atoms with Crippen molar-refractivity contribution in [1.29, 1.82) is 0 Å². The van der Waals surface area contributed by atoms with E-state index in [0.29, 0.717) is 17.1 Å². The van der Waals surface area contributed by atoms with E-state index >= 15 is 0 Å². The lowest BCUT2D eigenvalue weighted by Crippen LogP contribution is -1.92. The van der Waals surface area contributed by atoms with Crippen LogP contribution in [-0.2, 0) is 0 Å². The lowest BCUT2D eigenvalue weighted by atomic mass is 10.2. The second kappa shape index (κ2) is 3.49. The first-order valence-corrected chi connectivity index (χ1v) is 4.16. The second-order valence-electron chi connectivity index (χ2n) is 2.87.